The van der Waals surface area contributed by atoms with Crippen LogP contribution in [0.5, 0.6) is 5.75 Å². The summed E-state index contributed by atoms with van der Waals surface area (Å²) < 4.78 is 5.52. The highest BCUT2D eigenvalue weighted by Gasteiger charge is 2.49. The molecular formula is C24H31N5O4S. The first-order valence-electron chi connectivity index (χ1n) is 11.7. The predicted octanol–water partition coefficient (Wildman–Crippen LogP) is 1.17. The van der Waals surface area contributed by atoms with E-state index in [0.29, 0.717) is 30.9 Å². The summed E-state index contributed by atoms with van der Waals surface area (Å²) >= 11 is 1.60. The number of ether oxygens (including phenoxy) is 1. The first-order chi connectivity index (χ1) is 16.6. The number of methoxy groups -OCH3 is 1. The van der Waals surface area contributed by atoms with Gasteiger partial charge in [-0.15, -0.1) is 11.8 Å². The topological polar surface area (TPSA) is 86.7 Å². The van der Waals surface area contributed by atoms with E-state index in [2.05, 4.69) is 31.2 Å². The second-order valence-corrected chi connectivity index (χ2v) is 10.1. The van der Waals surface area contributed by atoms with Crippen LogP contribution in [0.3, 0.4) is 0 Å². The Balaban J connectivity index is 1.24. The zero-order valence-corrected chi connectivity index (χ0v) is 20.4. The number of hydrogen-bond donors (Lipinski definition) is 1. The van der Waals surface area contributed by atoms with Gasteiger partial charge < -0.3 is 19.8 Å². The first-order valence-corrected chi connectivity index (χ1v) is 12.7. The van der Waals surface area contributed by atoms with Gasteiger partial charge in [0.2, 0.25) is 5.91 Å². The highest BCUT2D eigenvalue weighted by Crippen LogP contribution is 2.37. The van der Waals surface area contributed by atoms with Crippen LogP contribution in [0.4, 0.5) is 5.69 Å². The van der Waals surface area contributed by atoms with Crippen molar-refractivity contribution in [3.05, 3.63) is 35.2 Å². The number of nitrogens with one attached hydrogen (secondary N) is 1. The summed E-state index contributed by atoms with van der Waals surface area (Å²) in [6, 6.07) is 7.65. The van der Waals surface area contributed by atoms with Crippen molar-refractivity contribution in [1.29, 1.82) is 0 Å². The van der Waals surface area contributed by atoms with E-state index in [1.54, 1.807) is 18.9 Å². The molecule has 34 heavy (non-hydrogen) atoms. The van der Waals surface area contributed by atoms with Gasteiger partial charge in [0.25, 0.3) is 0 Å². The number of carbonyl (C=O) groups excluding carboxylic acids is 2. The van der Waals surface area contributed by atoms with Crippen LogP contribution in [0.15, 0.2) is 40.4 Å². The minimum atomic E-state index is -0.442. The molecule has 0 spiro atoms. The van der Waals surface area contributed by atoms with Crippen molar-refractivity contribution in [2.24, 2.45) is 11.1 Å². The molecule has 2 bridgehead atoms. The van der Waals surface area contributed by atoms with E-state index in [4.69, 9.17) is 9.57 Å². The summed E-state index contributed by atoms with van der Waals surface area (Å²) in [5, 5.41) is 9.10. The molecule has 4 aliphatic heterocycles. The fourth-order valence-corrected chi connectivity index (χ4v) is 6.50. The molecule has 1 amide bonds. The van der Waals surface area contributed by atoms with E-state index in [1.165, 1.54) is 7.11 Å². The zero-order valence-electron chi connectivity index (χ0n) is 19.6. The number of Topliss-reactive ketones (excluding diaryl/α,β-unsaturated/α-hetero) is 1. The molecule has 1 aromatic rings. The van der Waals surface area contributed by atoms with Gasteiger partial charge in [0.15, 0.2) is 5.78 Å². The van der Waals surface area contributed by atoms with E-state index < -0.39 is 6.04 Å². The number of thioether (sulfide) groups is 1. The standard InChI is InChI=1S/C24H31N5O4S/c1-32-19-6-4-3-5-18(19)28-11-9-27(10-12-28)8-7-16-22-23(30)17-14-34-20(21(17)26-33-2)13-29(22)15-25-24(16)31/h3-6,14,16,20,22H,7-13,15H2,1-2H3,(H,25,31). The van der Waals surface area contributed by atoms with E-state index in [9.17, 15) is 9.59 Å². The lowest BCUT2D eigenvalue weighted by Crippen LogP contribution is -2.61. The number of benzene rings is 1. The van der Waals surface area contributed by atoms with Gasteiger partial charge in [0.1, 0.15) is 18.6 Å². The molecule has 1 N–H and O–H groups in total. The van der Waals surface area contributed by atoms with E-state index in [1.807, 2.05) is 23.6 Å². The monoisotopic (exact) mass is 485 g/mol. The van der Waals surface area contributed by atoms with Gasteiger partial charge in [0.05, 0.1) is 42.2 Å². The molecule has 0 aliphatic carbocycles. The molecule has 5 rings (SSSR count). The highest BCUT2D eigenvalue weighted by atomic mass is 32.2. The summed E-state index contributed by atoms with van der Waals surface area (Å²) in [6.07, 6.45) is 0.648. The van der Waals surface area contributed by atoms with Crippen LogP contribution in [0.1, 0.15) is 6.42 Å². The van der Waals surface area contributed by atoms with Gasteiger partial charge in [-0.05, 0) is 30.5 Å². The summed E-state index contributed by atoms with van der Waals surface area (Å²) in [7, 11) is 3.20. The largest absolute Gasteiger partial charge is 0.495 e. The quantitative estimate of drug-likeness (QED) is 0.601. The number of amides is 1. The number of nitrogens with zero attached hydrogens (tertiary/aromatic N) is 4. The van der Waals surface area contributed by atoms with E-state index >= 15 is 0 Å². The number of para-hydroxylation sites is 2. The lowest BCUT2D eigenvalue weighted by Gasteiger charge is -2.41. The van der Waals surface area contributed by atoms with Gasteiger partial charge in [-0.25, -0.2) is 0 Å². The number of fused-ring (bicyclic) bond motifs is 3. The fraction of sp³-hybridized carbons (Fsp3) is 0.542. The van der Waals surface area contributed by atoms with Crippen molar-refractivity contribution >= 4 is 34.9 Å². The van der Waals surface area contributed by atoms with Crippen molar-refractivity contribution in [2.75, 3.05) is 65.1 Å². The van der Waals surface area contributed by atoms with Crippen LogP contribution in [-0.2, 0) is 14.4 Å². The van der Waals surface area contributed by atoms with Crippen molar-refractivity contribution in [3.63, 3.8) is 0 Å². The summed E-state index contributed by atoms with van der Waals surface area (Å²) in [5.41, 5.74) is 2.42. The molecule has 3 saturated heterocycles. The molecule has 3 atom stereocenters. The van der Waals surface area contributed by atoms with Crippen LogP contribution in [-0.4, -0.2) is 98.7 Å². The van der Waals surface area contributed by atoms with Gasteiger partial charge >= 0.3 is 0 Å². The van der Waals surface area contributed by atoms with E-state index in [0.717, 1.165) is 44.2 Å². The Bertz CT molecular complexity index is 1010. The smallest absolute Gasteiger partial charge is 0.226 e. The van der Waals surface area contributed by atoms with Crippen LogP contribution in [0.2, 0.25) is 0 Å². The molecule has 9 nitrogen and oxygen atoms in total. The molecule has 0 saturated carbocycles. The Morgan fingerprint density at radius 3 is 2.71 bits per heavy atom. The number of piperazine rings is 1. The van der Waals surface area contributed by atoms with Crippen molar-refractivity contribution in [3.8, 4) is 5.75 Å². The molecule has 3 fully saturated rings. The Labute approximate surface area is 204 Å². The molecule has 0 aromatic heterocycles. The summed E-state index contributed by atoms with van der Waals surface area (Å²) in [5.74, 6) is 0.477. The fourth-order valence-electron chi connectivity index (χ4n) is 5.39. The third kappa shape index (κ3) is 4.30. The maximum atomic E-state index is 13.5. The lowest BCUT2D eigenvalue weighted by molar-refractivity contribution is -0.139. The number of rotatable bonds is 6. The Hall–Kier alpha value is -2.56. The average Bonchev–Trinajstić information content (AvgIpc) is 3.21. The zero-order chi connectivity index (χ0) is 23.7. The molecule has 4 heterocycles. The van der Waals surface area contributed by atoms with Crippen LogP contribution >= 0.6 is 11.8 Å². The van der Waals surface area contributed by atoms with Gasteiger partial charge in [-0.1, -0.05) is 17.3 Å². The average molecular weight is 486 g/mol. The SMILES string of the molecule is CON=C1C2=CSC1CN1CNC(=O)C(CCN3CCN(c4ccccc4OC)CC3)C1C2=O. The molecule has 3 unspecified atom stereocenters. The third-order valence-corrected chi connectivity index (χ3v) is 8.25. The van der Waals surface area contributed by atoms with Crippen LogP contribution < -0.4 is 15.0 Å². The Morgan fingerprint density at radius 2 is 1.94 bits per heavy atom. The predicted molar refractivity (Wildman–Crippen MR) is 132 cm³/mol. The second-order valence-electron chi connectivity index (χ2n) is 8.99. The van der Waals surface area contributed by atoms with Crippen LogP contribution in [0, 0.1) is 5.92 Å². The number of ketones is 1. The second kappa shape index (κ2) is 9.97. The number of oxime groups is 1. The minimum absolute atomic E-state index is 0.0101. The number of anilines is 1. The molecule has 4 aliphatic rings. The summed E-state index contributed by atoms with van der Waals surface area (Å²) in [4.78, 5) is 38.3. The normalized spacial score (nSPS) is 28.9. The van der Waals surface area contributed by atoms with E-state index in [-0.39, 0.29) is 22.9 Å². The maximum absolute atomic E-state index is 13.5. The minimum Gasteiger partial charge on any atom is -0.495 e. The van der Waals surface area contributed by atoms with Gasteiger partial charge in [-0.2, -0.15) is 0 Å². The maximum Gasteiger partial charge on any atom is 0.226 e. The number of hydrogen-bond acceptors (Lipinski definition) is 9. The van der Waals surface area contributed by atoms with Crippen molar-refractivity contribution in [1.82, 2.24) is 15.1 Å². The van der Waals surface area contributed by atoms with Crippen molar-refractivity contribution < 1.29 is 19.2 Å². The first kappa shape index (κ1) is 23.2. The molecular weight excluding hydrogens is 454 g/mol. The molecule has 10 heteroatoms. The molecule has 1 aromatic carbocycles. The number of carbonyl (C=O) groups is 2. The molecule has 0 radical (unpaired) electrons. The highest BCUT2D eigenvalue weighted by molar-refractivity contribution is 8.04. The van der Waals surface area contributed by atoms with Gasteiger partial charge in [0, 0.05) is 32.7 Å². The molecule has 182 valence electrons. The Morgan fingerprint density at radius 1 is 1.15 bits per heavy atom. The third-order valence-electron chi connectivity index (χ3n) is 7.18. The Kier molecular flexibility index (Phi) is 6.80. The summed E-state index contributed by atoms with van der Waals surface area (Å²) in [6.45, 7) is 5.45. The van der Waals surface area contributed by atoms with Crippen LogP contribution in [0.25, 0.3) is 0 Å². The van der Waals surface area contributed by atoms with Crippen molar-refractivity contribution in [2.45, 2.75) is 17.7 Å². The van der Waals surface area contributed by atoms with Gasteiger partial charge in [-0.3, -0.25) is 19.4 Å². The lowest BCUT2D eigenvalue weighted by atomic mass is 9.86.